The summed E-state index contributed by atoms with van der Waals surface area (Å²) in [7, 11) is -1.26. The van der Waals surface area contributed by atoms with Crippen molar-refractivity contribution in [1.29, 1.82) is 0 Å². The fourth-order valence-electron chi connectivity index (χ4n) is 2.48. The quantitative estimate of drug-likeness (QED) is 0.459. The van der Waals surface area contributed by atoms with Gasteiger partial charge in [0, 0.05) is 0 Å². The monoisotopic (exact) mass is 440 g/mol. The third-order valence-electron chi connectivity index (χ3n) is 3.77. The molecular weight excluding hydrogens is 415 g/mol. The van der Waals surface area contributed by atoms with Crippen LogP contribution in [0.15, 0.2) is 39.4 Å². The Kier molecular flexibility index (Phi) is 9.42. The molecule has 0 fully saturated rings. The Morgan fingerprint density at radius 2 is 1.71 bits per heavy atom. The summed E-state index contributed by atoms with van der Waals surface area (Å²) in [5, 5.41) is 2.35. The van der Waals surface area contributed by atoms with Crippen molar-refractivity contribution in [1.82, 2.24) is 0 Å². The molecule has 1 aliphatic rings. The van der Waals surface area contributed by atoms with Crippen LogP contribution in [-0.4, -0.2) is 8.07 Å². The average molecular weight is 442 g/mol. The summed E-state index contributed by atoms with van der Waals surface area (Å²) in [5.74, 6) is 0.923. The molecule has 1 nitrogen and oxygen atoms in total. The van der Waals surface area contributed by atoms with Gasteiger partial charge in [0.2, 0.25) is 0 Å². The minimum atomic E-state index is -1.26. The van der Waals surface area contributed by atoms with Crippen LogP contribution in [-0.2, 0) is 25.0 Å². The van der Waals surface area contributed by atoms with Crippen molar-refractivity contribution in [2.45, 2.75) is 52.2 Å². The van der Waals surface area contributed by atoms with E-state index in [1.807, 2.05) is 12.1 Å². The number of rotatable bonds is 4. The van der Waals surface area contributed by atoms with Crippen molar-refractivity contribution >= 4 is 44.5 Å². The van der Waals surface area contributed by atoms with Crippen LogP contribution in [0.25, 0.3) is 0 Å². The standard InChI is InChI=1S/C10H13ClO.C8H13Si.2ClH.Ti/c1-10(2,3)7-4-8(11)6-9(12)5-7;1-9(2,3)8-6-4-5-7-8;;;/h4-6,12H,1-3H3;4,6H,5H2,1-3H3;2*1H;/q;;;;+1/p-1. The summed E-state index contributed by atoms with van der Waals surface area (Å²) >= 11 is 5.69. The second-order valence-corrected chi connectivity index (χ2v) is 14.9. The molecule has 0 aromatic heterocycles. The van der Waals surface area contributed by atoms with Crippen molar-refractivity contribution in [2.24, 2.45) is 0 Å². The smallest absolute Gasteiger partial charge is 0.147 e. The summed E-state index contributed by atoms with van der Waals surface area (Å²) in [6.07, 6.45) is 5.69. The fourth-order valence-corrected chi connectivity index (χ4v) is 7.47. The average Bonchev–Trinajstić information content (AvgIpc) is 2.83. The van der Waals surface area contributed by atoms with E-state index in [0.717, 1.165) is 17.2 Å². The molecule has 1 aromatic carbocycles. The molecule has 24 heavy (non-hydrogen) atoms. The van der Waals surface area contributed by atoms with Gasteiger partial charge in [-0.05, 0) is 0 Å². The van der Waals surface area contributed by atoms with E-state index in [-0.39, 0.29) is 30.2 Å². The molecule has 2 rings (SSSR count). The zero-order valence-corrected chi connectivity index (χ0v) is 20.1. The topological polar surface area (TPSA) is 9.23 Å². The SMILES string of the molecule is CC(C)(C)c1cc(Cl)cc([O][Ti][C]2=C([Si](C)(C)C)C=CC2)c1.Cl.Cl. The summed E-state index contributed by atoms with van der Waals surface area (Å²) in [6.45, 7) is 13.8. The van der Waals surface area contributed by atoms with E-state index in [1.165, 1.54) is 5.56 Å². The Morgan fingerprint density at radius 1 is 1.08 bits per heavy atom. The van der Waals surface area contributed by atoms with E-state index < -0.39 is 27.6 Å². The zero-order valence-electron chi connectivity index (χ0n) is 15.2. The van der Waals surface area contributed by atoms with Gasteiger partial charge in [0.1, 0.15) is 0 Å². The largest absolute Gasteiger partial charge is 0.147 e. The van der Waals surface area contributed by atoms with Crippen molar-refractivity contribution in [3.63, 3.8) is 0 Å². The molecular formula is C18H27Cl3OSiTi. The Hall–Kier alpha value is 0.301. The van der Waals surface area contributed by atoms with Crippen LogP contribution in [0.4, 0.5) is 0 Å². The van der Waals surface area contributed by atoms with Gasteiger partial charge < -0.3 is 0 Å². The summed E-state index contributed by atoms with van der Waals surface area (Å²) in [5.41, 5.74) is 1.31. The Balaban J connectivity index is 0.00000264. The molecule has 6 heteroatoms. The molecule has 134 valence electrons. The molecule has 0 unspecified atom stereocenters. The Morgan fingerprint density at radius 3 is 2.25 bits per heavy atom. The fraction of sp³-hybridized carbons (Fsp3) is 0.444. The summed E-state index contributed by atoms with van der Waals surface area (Å²) in [4.78, 5) is 0. The number of hydrogen-bond donors (Lipinski definition) is 0. The van der Waals surface area contributed by atoms with E-state index in [2.05, 4.69) is 58.6 Å². The third-order valence-corrected chi connectivity index (χ3v) is 8.11. The first-order valence-corrected chi connectivity index (χ1v) is 13.0. The van der Waals surface area contributed by atoms with Crippen LogP contribution >= 0.6 is 36.4 Å². The number of halogens is 3. The van der Waals surface area contributed by atoms with Gasteiger partial charge in [-0.2, -0.15) is 0 Å². The first-order chi connectivity index (χ1) is 10.1. The molecule has 0 radical (unpaired) electrons. The molecule has 0 heterocycles. The van der Waals surface area contributed by atoms with Crippen molar-refractivity contribution in [3.8, 4) is 5.75 Å². The van der Waals surface area contributed by atoms with Crippen LogP contribution in [0, 0.1) is 0 Å². The van der Waals surface area contributed by atoms with Crippen LogP contribution in [0.3, 0.4) is 0 Å². The summed E-state index contributed by atoms with van der Waals surface area (Å²) in [6, 6.07) is 6.13. The van der Waals surface area contributed by atoms with Crippen LogP contribution in [0.2, 0.25) is 24.7 Å². The van der Waals surface area contributed by atoms with E-state index in [0.29, 0.717) is 0 Å². The molecule has 0 aliphatic heterocycles. The summed E-state index contributed by atoms with van der Waals surface area (Å²) < 4.78 is 7.75. The Bertz CT molecular complexity index is 628. The molecule has 0 bridgehead atoms. The predicted octanol–water partition coefficient (Wildman–Crippen LogP) is 6.95. The molecule has 1 aromatic rings. The molecule has 0 atom stereocenters. The van der Waals surface area contributed by atoms with E-state index >= 15 is 0 Å². The molecule has 0 amide bonds. The first kappa shape index (κ1) is 24.3. The number of hydrogen-bond acceptors (Lipinski definition) is 1. The first-order valence-electron chi connectivity index (χ1n) is 7.71. The molecule has 0 spiro atoms. The van der Waals surface area contributed by atoms with Gasteiger partial charge in [0.15, 0.2) is 0 Å². The van der Waals surface area contributed by atoms with Crippen molar-refractivity contribution in [2.75, 3.05) is 0 Å². The molecule has 0 N–H and O–H groups in total. The van der Waals surface area contributed by atoms with Gasteiger partial charge in [-0.25, -0.2) is 0 Å². The maximum atomic E-state index is 6.27. The molecule has 0 saturated carbocycles. The zero-order chi connectivity index (χ0) is 16.5. The van der Waals surface area contributed by atoms with Crippen LogP contribution < -0.4 is 3.32 Å². The number of benzene rings is 1. The van der Waals surface area contributed by atoms with Crippen molar-refractivity contribution in [3.05, 3.63) is 50.0 Å². The molecule has 1 aliphatic carbocycles. The van der Waals surface area contributed by atoms with Crippen LogP contribution in [0.1, 0.15) is 32.8 Å². The maximum absolute atomic E-state index is 6.27. The van der Waals surface area contributed by atoms with Crippen molar-refractivity contribution < 1.29 is 22.9 Å². The molecule has 0 saturated heterocycles. The normalized spacial score (nSPS) is 14.1. The van der Waals surface area contributed by atoms with Gasteiger partial charge in [-0.3, -0.25) is 0 Å². The van der Waals surface area contributed by atoms with Crippen LogP contribution in [0.5, 0.6) is 5.75 Å². The van der Waals surface area contributed by atoms with Gasteiger partial charge >= 0.3 is 151 Å². The predicted molar refractivity (Wildman–Crippen MR) is 109 cm³/mol. The second-order valence-electron chi connectivity index (χ2n) is 7.88. The maximum Gasteiger partial charge on any atom is -0.147 e. The van der Waals surface area contributed by atoms with E-state index in [9.17, 15) is 0 Å². The van der Waals surface area contributed by atoms with Gasteiger partial charge in [0.05, 0.1) is 0 Å². The Labute approximate surface area is 174 Å². The second kappa shape index (κ2) is 9.30. The third kappa shape index (κ3) is 6.55. The number of allylic oxidation sites excluding steroid dienone is 4. The van der Waals surface area contributed by atoms with Gasteiger partial charge in [0.25, 0.3) is 0 Å². The van der Waals surface area contributed by atoms with Gasteiger partial charge in [-0.1, -0.05) is 0 Å². The van der Waals surface area contributed by atoms with Gasteiger partial charge in [-0.15, -0.1) is 24.8 Å². The van der Waals surface area contributed by atoms with E-state index in [1.54, 1.807) is 9.07 Å². The minimum Gasteiger partial charge on any atom is -0.147 e. The van der Waals surface area contributed by atoms with E-state index in [4.69, 9.17) is 14.9 Å². The minimum absolute atomic E-state index is 0.